The number of ketones is 1. The summed E-state index contributed by atoms with van der Waals surface area (Å²) in [5, 5.41) is 26.9. The molecule has 278 valence electrons. The number of urea groups is 1. The Morgan fingerprint density at radius 1 is 0.925 bits per heavy atom. The maximum Gasteiger partial charge on any atom is 0.321 e. The number of hydrogen-bond acceptors (Lipinski definition) is 5. The molecule has 0 aromatic heterocycles. The van der Waals surface area contributed by atoms with E-state index >= 15 is 0 Å². The number of fused-ring (bicyclic) bond motifs is 8. The number of benzene rings is 4. The molecule has 0 spiro atoms. The molecule has 0 unspecified atom stereocenters. The Morgan fingerprint density at radius 3 is 2.34 bits per heavy atom. The van der Waals surface area contributed by atoms with Gasteiger partial charge in [-0.2, -0.15) is 0 Å². The number of allylic oxidation sites excluding steroid dienone is 2. The molecule has 0 heterocycles. The second kappa shape index (κ2) is 16.5. The average molecular weight is 715 g/mol. The summed E-state index contributed by atoms with van der Waals surface area (Å²) in [6.07, 6.45) is 6.91. The number of amides is 2. The van der Waals surface area contributed by atoms with Crippen LogP contribution in [0.4, 0.5) is 10.5 Å². The van der Waals surface area contributed by atoms with Crippen LogP contribution in [0.2, 0.25) is 0 Å². The van der Waals surface area contributed by atoms with E-state index in [1.807, 2.05) is 85.8 Å². The Morgan fingerprint density at radius 2 is 1.64 bits per heavy atom. The zero-order chi connectivity index (χ0) is 37.6. The lowest BCUT2D eigenvalue weighted by atomic mass is 9.64. The van der Waals surface area contributed by atoms with Crippen LogP contribution in [0.25, 0.3) is 11.1 Å². The molecule has 2 bridgehead atoms. The maximum atomic E-state index is 14.6. The maximum absolute atomic E-state index is 14.6. The SMILES string of the molecule is CCCN(C[C@]1(O)CC[C@H]2c3ccc(cc3C(=O)c3ccc(-c4ccccc4)cc3)C[C@@H](O)CCC(C)=CCC[C@@]21C)C(=O)Nc1ccc(OC)cc1. The number of methoxy groups -OCH3 is 1. The predicted molar refractivity (Wildman–Crippen MR) is 213 cm³/mol. The van der Waals surface area contributed by atoms with Gasteiger partial charge in [0.25, 0.3) is 0 Å². The van der Waals surface area contributed by atoms with E-state index in [1.165, 1.54) is 5.57 Å². The molecule has 0 aliphatic heterocycles. The molecule has 3 aliphatic carbocycles. The highest BCUT2D eigenvalue weighted by atomic mass is 16.5. The third kappa shape index (κ3) is 8.42. The van der Waals surface area contributed by atoms with E-state index < -0.39 is 17.1 Å². The van der Waals surface area contributed by atoms with Gasteiger partial charge in [-0.1, -0.05) is 92.2 Å². The van der Waals surface area contributed by atoms with Crippen molar-refractivity contribution < 1.29 is 24.5 Å². The van der Waals surface area contributed by atoms with Crippen molar-refractivity contribution in [1.29, 1.82) is 0 Å². The van der Waals surface area contributed by atoms with E-state index in [4.69, 9.17) is 4.74 Å². The monoisotopic (exact) mass is 714 g/mol. The van der Waals surface area contributed by atoms with Gasteiger partial charge in [0, 0.05) is 28.8 Å². The first-order valence-electron chi connectivity index (χ1n) is 19.1. The van der Waals surface area contributed by atoms with E-state index in [9.17, 15) is 19.8 Å². The number of aliphatic hydroxyl groups is 2. The zero-order valence-corrected chi connectivity index (χ0v) is 31.6. The number of ether oxygens (including phenoxy) is 1. The van der Waals surface area contributed by atoms with Gasteiger partial charge in [0.2, 0.25) is 0 Å². The lowest BCUT2D eigenvalue weighted by Gasteiger charge is -2.46. The minimum Gasteiger partial charge on any atom is -0.497 e. The predicted octanol–water partition coefficient (Wildman–Crippen LogP) is 9.58. The summed E-state index contributed by atoms with van der Waals surface area (Å²) < 4.78 is 5.28. The minimum atomic E-state index is -1.21. The van der Waals surface area contributed by atoms with E-state index in [2.05, 4.69) is 43.4 Å². The topological polar surface area (TPSA) is 99.1 Å². The van der Waals surface area contributed by atoms with Gasteiger partial charge in [0.1, 0.15) is 5.75 Å². The van der Waals surface area contributed by atoms with E-state index in [0.29, 0.717) is 61.2 Å². The molecular formula is C46H54N2O5. The van der Waals surface area contributed by atoms with Gasteiger partial charge in [-0.25, -0.2) is 4.79 Å². The highest BCUT2D eigenvalue weighted by Gasteiger charge is 2.57. The normalized spacial score (nSPS) is 23.0. The van der Waals surface area contributed by atoms with Crippen LogP contribution in [0.15, 0.2) is 109 Å². The number of carbonyl (C=O) groups is 2. The average Bonchev–Trinajstić information content (AvgIpc) is 3.42. The summed E-state index contributed by atoms with van der Waals surface area (Å²) in [7, 11) is 1.61. The summed E-state index contributed by atoms with van der Waals surface area (Å²) in [6, 6.07) is 31.0. The van der Waals surface area contributed by atoms with E-state index in [-0.39, 0.29) is 24.3 Å². The Kier molecular flexibility index (Phi) is 11.9. The molecule has 53 heavy (non-hydrogen) atoms. The summed E-state index contributed by atoms with van der Waals surface area (Å²) in [4.78, 5) is 30.1. The molecule has 0 saturated heterocycles. The van der Waals surface area contributed by atoms with Crippen LogP contribution >= 0.6 is 0 Å². The Bertz CT molecular complexity index is 1900. The number of carbonyl (C=O) groups excluding carboxylic acids is 2. The minimum absolute atomic E-state index is 0.0666. The number of hydrogen-bond donors (Lipinski definition) is 3. The third-order valence-electron chi connectivity index (χ3n) is 11.7. The Labute approximate surface area is 314 Å². The van der Waals surface area contributed by atoms with E-state index in [0.717, 1.165) is 41.5 Å². The summed E-state index contributed by atoms with van der Waals surface area (Å²) in [6.45, 7) is 6.97. The highest BCUT2D eigenvalue weighted by molar-refractivity contribution is 6.10. The van der Waals surface area contributed by atoms with Crippen LogP contribution in [-0.4, -0.2) is 58.8 Å². The van der Waals surface area contributed by atoms with Crippen LogP contribution < -0.4 is 10.1 Å². The van der Waals surface area contributed by atoms with Gasteiger partial charge in [-0.15, -0.1) is 0 Å². The second-order valence-corrected chi connectivity index (χ2v) is 15.3. The van der Waals surface area contributed by atoms with Crippen LogP contribution in [0.3, 0.4) is 0 Å². The number of nitrogens with zero attached hydrogens (tertiary/aromatic N) is 1. The largest absolute Gasteiger partial charge is 0.497 e. The second-order valence-electron chi connectivity index (χ2n) is 15.3. The molecule has 7 rings (SSSR count). The van der Waals surface area contributed by atoms with E-state index in [1.54, 1.807) is 12.0 Å². The van der Waals surface area contributed by atoms with Crippen molar-refractivity contribution in [2.75, 3.05) is 25.5 Å². The quantitative estimate of drug-likeness (QED) is 0.119. The molecule has 1 fully saturated rings. The first kappa shape index (κ1) is 38.0. The first-order valence-corrected chi connectivity index (χ1v) is 19.1. The van der Waals surface area contributed by atoms with Gasteiger partial charge < -0.3 is 25.2 Å². The number of aliphatic hydroxyl groups excluding tert-OH is 1. The smallest absolute Gasteiger partial charge is 0.321 e. The lowest BCUT2D eigenvalue weighted by molar-refractivity contribution is -0.0763. The number of rotatable bonds is 9. The molecule has 4 atom stereocenters. The van der Waals surface area contributed by atoms with Crippen molar-refractivity contribution in [1.82, 2.24) is 4.90 Å². The molecule has 2 amide bonds. The van der Waals surface area contributed by atoms with Crippen molar-refractivity contribution in [3.8, 4) is 16.9 Å². The van der Waals surface area contributed by atoms with Crippen molar-refractivity contribution >= 4 is 17.5 Å². The fourth-order valence-electron chi connectivity index (χ4n) is 8.51. The first-order chi connectivity index (χ1) is 25.5. The Hall–Kier alpha value is -4.72. The van der Waals surface area contributed by atoms with Gasteiger partial charge >= 0.3 is 6.03 Å². The summed E-state index contributed by atoms with van der Waals surface area (Å²) >= 11 is 0. The van der Waals surface area contributed by atoms with Crippen molar-refractivity contribution in [3.05, 3.63) is 131 Å². The van der Waals surface area contributed by atoms with Gasteiger partial charge in [-0.05, 0) is 117 Å². The molecule has 4 aromatic rings. The Balaban J connectivity index is 1.37. The lowest BCUT2D eigenvalue weighted by Crippen LogP contribution is -2.54. The van der Waals surface area contributed by atoms with Crippen LogP contribution in [-0.2, 0) is 6.42 Å². The molecule has 4 aromatic carbocycles. The number of nitrogens with one attached hydrogen (secondary N) is 1. The molecule has 3 aliphatic rings. The third-order valence-corrected chi connectivity index (χ3v) is 11.7. The molecule has 7 heteroatoms. The molecule has 1 saturated carbocycles. The summed E-state index contributed by atoms with van der Waals surface area (Å²) in [5.41, 5.74) is 5.19. The fraction of sp³-hybridized carbons (Fsp3) is 0.391. The van der Waals surface area contributed by atoms with Crippen molar-refractivity contribution in [2.24, 2.45) is 5.41 Å². The molecular weight excluding hydrogens is 661 g/mol. The molecule has 7 nitrogen and oxygen atoms in total. The van der Waals surface area contributed by atoms with Crippen molar-refractivity contribution in [2.45, 2.75) is 89.8 Å². The fourth-order valence-corrected chi connectivity index (χ4v) is 8.51. The van der Waals surface area contributed by atoms with Gasteiger partial charge in [-0.3, -0.25) is 4.79 Å². The standard InChI is InChI=1S/C46H54N2O5/c1-5-28-48(44(51)47-37-19-22-39(53-4)23-20-37)31-46(52)27-25-42-40-24-14-33(29-38(49)21-13-32(2)10-9-26-45(42,46)3)30-41(40)43(50)36-17-15-35(16-18-36)34-11-7-6-8-12-34/h6-8,10-12,14-20,22-24,30,38,42,49,52H,5,9,13,21,25-29,31H2,1-4H3,(H,47,51)/t38-,42-,45-,46+/m0/s1. The van der Waals surface area contributed by atoms with Crippen molar-refractivity contribution in [3.63, 3.8) is 0 Å². The molecule has 3 N–H and O–H groups in total. The highest BCUT2D eigenvalue weighted by Crippen LogP contribution is 2.59. The van der Waals surface area contributed by atoms with Crippen LogP contribution in [0, 0.1) is 5.41 Å². The van der Waals surface area contributed by atoms with Gasteiger partial charge in [0.05, 0.1) is 25.4 Å². The summed E-state index contributed by atoms with van der Waals surface area (Å²) in [5.74, 6) is 0.499. The van der Waals surface area contributed by atoms with Crippen LogP contribution in [0.1, 0.15) is 98.7 Å². The van der Waals surface area contributed by atoms with Crippen LogP contribution in [0.5, 0.6) is 5.75 Å². The molecule has 0 radical (unpaired) electrons. The van der Waals surface area contributed by atoms with Gasteiger partial charge in [0.15, 0.2) is 5.78 Å². The number of anilines is 1. The zero-order valence-electron chi connectivity index (χ0n) is 31.6.